The van der Waals surface area contributed by atoms with Crippen molar-refractivity contribution >= 4 is 10.9 Å². The lowest BCUT2D eigenvalue weighted by Gasteiger charge is -2.25. The fourth-order valence-corrected chi connectivity index (χ4v) is 2.67. The van der Waals surface area contributed by atoms with Gasteiger partial charge in [-0.3, -0.25) is 0 Å². The van der Waals surface area contributed by atoms with Gasteiger partial charge in [-0.15, -0.1) is 0 Å². The van der Waals surface area contributed by atoms with Crippen molar-refractivity contribution in [3.63, 3.8) is 0 Å². The minimum atomic E-state index is 0.401. The van der Waals surface area contributed by atoms with Crippen molar-refractivity contribution in [2.75, 3.05) is 0 Å². The summed E-state index contributed by atoms with van der Waals surface area (Å²) in [5.41, 5.74) is 2.67. The fourth-order valence-electron chi connectivity index (χ4n) is 2.67. The van der Waals surface area contributed by atoms with Gasteiger partial charge in [-0.2, -0.15) is 0 Å². The maximum absolute atomic E-state index is 5.92. The topological polar surface area (TPSA) is 14.2 Å². The van der Waals surface area contributed by atoms with E-state index in [2.05, 4.69) is 41.8 Å². The van der Waals surface area contributed by atoms with Crippen LogP contribution in [0.15, 0.2) is 30.3 Å². The predicted octanol–water partition coefficient (Wildman–Crippen LogP) is 3.73. The van der Waals surface area contributed by atoms with Gasteiger partial charge in [0.25, 0.3) is 0 Å². The molecular weight excluding hydrogens is 210 g/mol. The number of para-hydroxylation sites is 1. The van der Waals surface area contributed by atoms with Gasteiger partial charge in [0, 0.05) is 17.8 Å². The minimum Gasteiger partial charge on any atom is -0.370 e. The number of unbranched alkanes of at least 4 members (excludes halogenated alkanes) is 1. The fraction of sp³-hybridized carbons (Fsp3) is 0.467. The summed E-state index contributed by atoms with van der Waals surface area (Å²) in [6, 6.07) is 10.9. The molecule has 0 bridgehead atoms. The molecule has 0 amide bonds. The molecule has 1 aliphatic rings. The standard InChI is InChI=1S/C15H19NO/c1-2-3-7-14-10-16-13(11-17-14)9-12-6-4-5-8-15(12)16/h4-6,8-9,14H,2-3,7,10-11H2,1H3. The zero-order valence-corrected chi connectivity index (χ0v) is 10.4. The summed E-state index contributed by atoms with van der Waals surface area (Å²) in [6.45, 7) is 4.02. The van der Waals surface area contributed by atoms with Gasteiger partial charge in [-0.05, 0) is 23.9 Å². The molecule has 2 aromatic rings. The predicted molar refractivity (Wildman–Crippen MR) is 70.0 cm³/mol. The molecular formula is C15H19NO. The van der Waals surface area contributed by atoms with E-state index in [4.69, 9.17) is 4.74 Å². The maximum Gasteiger partial charge on any atom is 0.0872 e. The molecule has 17 heavy (non-hydrogen) atoms. The second-order valence-electron chi connectivity index (χ2n) is 4.88. The van der Waals surface area contributed by atoms with Gasteiger partial charge in [0.1, 0.15) is 0 Å². The molecule has 2 heterocycles. The Kier molecular flexibility index (Phi) is 2.89. The first-order valence-electron chi connectivity index (χ1n) is 6.57. The van der Waals surface area contributed by atoms with E-state index in [0.29, 0.717) is 6.10 Å². The largest absolute Gasteiger partial charge is 0.370 e. The maximum atomic E-state index is 5.92. The van der Waals surface area contributed by atoms with Gasteiger partial charge >= 0.3 is 0 Å². The van der Waals surface area contributed by atoms with E-state index in [1.807, 2.05) is 0 Å². The van der Waals surface area contributed by atoms with Crippen LogP contribution in [0.5, 0.6) is 0 Å². The van der Waals surface area contributed by atoms with Crippen LogP contribution in [0.1, 0.15) is 31.9 Å². The van der Waals surface area contributed by atoms with Crippen molar-refractivity contribution in [2.24, 2.45) is 0 Å². The summed E-state index contributed by atoms with van der Waals surface area (Å²) in [5.74, 6) is 0. The van der Waals surface area contributed by atoms with Crippen LogP contribution in [-0.4, -0.2) is 10.7 Å². The molecule has 90 valence electrons. The third kappa shape index (κ3) is 1.98. The summed E-state index contributed by atoms with van der Waals surface area (Å²) >= 11 is 0. The smallest absolute Gasteiger partial charge is 0.0872 e. The lowest BCUT2D eigenvalue weighted by molar-refractivity contribution is -0.000130. The van der Waals surface area contributed by atoms with Crippen molar-refractivity contribution < 1.29 is 4.74 Å². The molecule has 1 unspecified atom stereocenters. The van der Waals surface area contributed by atoms with Gasteiger partial charge in [-0.25, -0.2) is 0 Å². The van der Waals surface area contributed by atoms with Crippen molar-refractivity contribution in [3.05, 3.63) is 36.0 Å². The van der Waals surface area contributed by atoms with Crippen molar-refractivity contribution in [3.8, 4) is 0 Å². The monoisotopic (exact) mass is 229 g/mol. The SMILES string of the molecule is CCCCC1Cn2c(cc3ccccc32)CO1. The Morgan fingerprint density at radius 2 is 2.24 bits per heavy atom. The Morgan fingerprint density at radius 3 is 3.12 bits per heavy atom. The molecule has 0 aliphatic carbocycles. The highest BCUT2D eigenvalue weighted by Gasteiger charge is 2.20. The lowest BCUT2D eigenvalue weighted by Crippen LogP contribution is -2.26. The Hall–Kier alpha value is -1.28. The van der Waals surface area contributed by atoms with E-state index >= 15 is 0 Å². The van der Waals surface area contributed by atoms with Crippen molar-refractivity contribution in [2.45, 2.75) is 45.4 Å². The van der Waals surface area contributed by atoms with Crippen LogP contribution in [0.25, 0.3) is 10.9 Å². The van der Waals surface area contributed by atoms with Gasteiger partial charge < -0.3 is 9.30 Å². The first-order chi connectivity index (χ1) is 8.38. The Morgan fingerprint density at radius 1 is 1.35 bits per heavy atom. The van der Waals surface area contributed by atoms with E-state index in [1.54, 1.807) is 0 Å². The number of benzene rings is 1. The van der Waals surface area contributed by atoms with Gasteiger partial charge in [0.05, 0.1) is 12.7 Å². The number of hydrogen-bond donors (Lipinski definition) is 0. The minimum absolute atomic E-state index is 0.401. The molecule has 1 aromatic heterocycles. The van der Waals surface area contributed by atoms with Crippen LogP contribution in [-0.2, 0) is 17.9 Å². The number of aromatic nitrogens is 1. The van der Waals surface area contributed by atoms with Crippen molar-refractivity contribution in [1.82, 2.24) is 4.57 Å². The second kappa shape index (κ2) is 4.53. The number of nitrogens with zero attached hydrogens (tertiary/aromatic N) is 1. The zero-order chi connectivity index (χ0) is 11.7. The molecule has 0 fully saturated rings. The van der Waals surface area contributed by atoms with Crippen LogP contribution in [0.2, 0.25) is 0 Å². The van der Waals surface area contributed by atoms with Gasteiger partial charge in [-0.1, -0.05) is 38.0 Å². The van der Waals surface area contributed by atoms with Crippen LogP contribution in [0.4, 0.5) is 0 Å². The molecule has 3 rings (SSSR count). The van der Waals surface area contributed by atoms with Crippen LogP contribution >= 0.6 is 0 Å². The molecule has 0 saturated carbocycles. The number of ether oxygens (including phenoxy) is 1. The lowest BCUT2D eigenvalue weighted by atomic mass is 10.1. The van der Waals surface area contributed by atoms with E-state index in [1.165, 1.54) is 35.9 Å². The highest BCUT2D eigenvalue weighted by Crippen LogP contribution is 2.26. The summed E-state index contributed by atoms with van der Waals surface area (Å²) in [5, 5.41) is 1.34. The molecule has 0 saturated heterocycles. The first kappa shape index (κ1) is 10.8. The highest BCUT2D eigenvalue weighted by atomic mass is 16.5. The molecule has 1 atom stereocenters. The highest BCUT2D eigenvalue weighted by molar-refractivity contribution is 5.81. The number of hydrogen-bond acceptors (Lipinski definition) is 1. The first-order valence-corrected chi connectivity index (χ1v) is 6.57. The molecule has 2 heteroatoms. The summed E-state index contributed by atoms with van der Waals surface area (Å²) < 4.78 is 8.34. The average molecular weight is 229 g/mol. The van der Waals surface area contributed by atoms with E-state index in [-0.39, 0.29) is 0 Å². The molecule has 0 spiro atoms. The Balaban J connectivity index is 1.89. The molecule has 2 nitrogen and oxygen atoms in total. The Bertz CT molecular complexity index is 515. The molecule has 1 aromatic carbocycles. The number of fused-ring (bicyclic) bond motifs is 3. The molecule has 1 aliphatic heterocycles. The summed E-state index contributed by atoms with van der Waals surface area (Å²) in [7, 11) is 0. The third-order valence-electron chi connectivity index (χ3n) is 3.63. The van der Waals surface area contributed by atoms with Crippen LogP contribution in [0, 0.1) is 0 Å². The third-order valence-corrected chi connectivity index (χ3v) is 3.63. The normalized spacial score (nSPS) is 19.5. The van der Waals surface area contributed by atoms with Gasteiger partial charge in [0.15, 0.2) is 0 Å². The Labute approximate surface area is 102 Å². The second-order valence-corrected chi connectivity index (χ2v) is 4.88. The zero-order valence-electron chi connectivity index (χ0n) is 10.4. The number of rotatable bonds is 3. The average Bonchev–Trinajstić information content (AvgIpc) is 2.74. The van der Waals surface area contributed by atoms with E-state index in [0.717, 1.165) is 13.2 Å². The quantitative estimate of drug-likeness (QED) is 0.782. The summed E-state index contributed by atoms with van der Waals surface area (Å²) in [6.07, 6.45) is 4.10. The van der Waals surface area contributed by atoms with Crippen LogP contribution < -0.4 is 0 Å². The van der Waals surface area contributed by atoms with E-state index < -0.39 is 0 Å². The van der Waals surface area contributed by atoms with E-state index in [9.17, 15) is 0 Å². The van der Waals surface area contributed by atoms with Crippen molar-refractivity contribution in [1.29, 1.82) is 0 Å². The van der Waals surface area contributed by atoms with Gasteiger partial charge in [0.2, 0.25) is 0 Å². The summed E-state index contributed by atoms with van der Waals surface area (Å²) in [4.78, 5) is 0. The molecule has 0 radical (unpaired) electrons. The molecule has 0 N–H and O–H groups in total. The van der Waals surface area contributed by atoms with Crippen LogP contribution in [0.3, 0.4) is 0 Å².